The standard InChI is InChI=1S/C19H28N2O2/c22-18(20-12-4-7-17-5-2-1-3-6-17)21-13-8-19(9-14-21)10-15-23-16-11-19/h1-3,5-6H,4,7-16H2,(H,20,22). The van der Waals surface area contributed by atoms with Crippen molar-refractivity contribution in [3.63, 3.8) is 0 Å². The van der Waals surface area contributed by atoms with Gasteiger partial charge in [-0.25, -0.2) is 4.79 Å². The molecule has 0 radical (unpaired) electrons. The number of hydrogen-bond acceptors (Lipinski definition) is 2. The Balaban J connectivity index is 1.35. The lowest BCUT2D eigenvalue weighted by atomic mass is 9.72. The number of carbonyl (C=O) groups is 1. The maximum Gasteiger partial charge on any atom is 0.317 e. The van der Waals surface area contributed by atoms with Crippen molar-refractivity contribution in [3.05, 3.63) is 35.9 Å². The molecule has 1 aromatic carbocycles. The van der Waals surface area contributed by atoms with E-state index in [4.69, 9.17) is 4.74 Å². The lowest BCUT2D eigenvalue weighted by Gasteiger charge is -2.44. The summed E-state index contributed by atoms with van der Waals surface area (Å²) in [6, 6.07) is 10.5. The maximum atomic E-state index is 12.3. The highest BCUT2D eigenvalue weighted by Gasteiger charge is 2.37. The van der Waals surface area contributed by atoms with Gasteiger partial charge < -0.3 is 15.0 Å². The first-order valence-corrected chi connectivity index (χ1v) is 8.92. The lowest BCUT2D eigenvalue weighted by molar-refractivity contribution is -0.0145. The molecule has 0 aromatic heterocycles. The Bertz CT molecular complexity index is 487. The Kier molecular flexibility index (Phi) is 5.55. The predicted molar refractivity (Wildman–Crippen MR) is 91.5 cm³/mol. The summed E-state index contributed by atoms with van der Waals surface area (Å²) in [5, 5.41) is 3.08. The number of rotatable bonds is 4. The molecule has 0 atom stereocenters. The molecule has 2 aliphatic heterocycles. The molecule has 4 nitrogen and oxygen atoms in total. The smallest absolute Gasteiger partial charge is 0.317 e. The fraction of sp³-hybridized carbons (Fsp3) is 0.632. The van der Waals surface area contributed by atoms with Crippen LogP contribution < -0.4 is 5.32 Å². The number of urea groups is 1. The number of nitrogens with one attached hydrogen (secondary N) is 1. The van der Waals surface area contributed by atoms with Crippen molar-refractivity contribution in [1.82, 2.24) is 10.2 Å². The van der Waals surface area contributed by atoms with E-state index in [0.29, 0.717) is 5.41 Å². The van der Waals surface area contributed by atoms with E-state index < -0.39 is 0 Å². The van der Waals surface area contributed by atoms with Crippen LogP contribution in [-0.4, -0.2) is 43.8 Å². The molecule has 2 amide bonds. The quantitative estimate of drug-likeness (QED) is 0.867. The second kappa shape index (κ2) is 7.82. The zero-order valence-electron chi connectivity index (χ0n) is 13.9. The Labute approximate surface area is 139 Å². The van der Waals surface area contributed by atoms with E-state index in [9.17, 15) is 4.79 Å². The van der Waals surface area contributed by atoms with E-state index in [1.807, 2.05) is 11.0 Å². The topological polar surface area (TPSA) is 41.6 Å². The number of ether oxygens (including phenoxy) is 1. The van der Waals surface area contributed by atoms with Gasteiger partial charge in [-0.1, -0.05) is 30.3 Å². The third kappa shape index (κ3) is 4.47. The Morgan fingerprint density at radius 2 is 1.78 bits per heavy atom. The molecule has 126 valence electrons. The van der Waals surface area contributed by atoms with Gasteiger partial charge in [-0.15, -0.1) is 0 Å². The minimum atomic E-state index is 0.111. The highest BCUT2D eigenvalue weighted by Crippen LogP contribution is 2.40. The summed E-state index contributed by atoms with van der Waals surface area (Å²) in [6.07, 6.45) is 6.61. The van der Waals surface area contributed by atoms with E-state index in [0.717, 1.165) is 58.5 Å². The van der Waals surface area contributed by atoms with Crippen LogP contribution in [0.3, 0.4) is 0 Å². The fourth-order valence-corrected chi connectivity index (χ4v) is 3.73. The molecule has 23 heavy (non-hydrogen) atoms. The summed E-state index contributed by atoms with van der Waals surface area (Å²) >= 11 is 0. The first-order chi connectivity index (χ1) is 11.3. The van der Waals surface area contributed by atoms with Crippen LogP contribution in [0.15, 0.2) is 30.3 Å². The van der Waals surface area contributed by atoms with Crippen molar-refractivity contribution in [2.75, 3.05) is 32.8 Å². The summed E-state index contributed by atoms with van der Waals surface area (Å²) in [5.74, 6) is 0. The molecular weight excluding hydrogens is 288 g/mol. The van der Waals surface area contributed by atoms with Crippen molar-refractivity contribution in [1.29, 1.82) is 0 Å². The monoisotopic (exact) mass is 316 g/mol. The van der Waals surface area contributed by atoms with Crippen molar-refractivity contribution in [3.8, 4) is 0 Å². The molecule has 0 saturated carbocycles. The normalized spacial score (nSPS) is 20.4. The number of aryl methyl sites for hydroxylation is 1. The molecule has 2 heterocycles. The molecule has 2 saturated heterocycles. The zero-order chi connectivity index (χ0) is 16.0. The third-order valence-corrected chi connectivity index (χ3v) is 5.43. The van der Waals surface area contributed by atoms with Gasteiger partial charge >= 0.3 is 6.03 Å². The Morgan fingerprint density at radius 3 is 2.48 bits per heavy atom. The van der Waals surface area contributed by atoms with E-state index in [2.05, 4.69) is 29.6 Å². The van der Waals surface area contributed by atoms with Crippen LogP contribution >= 0.6 is 0 Å². The number of hydrogen-bond donors (Lipinski definition) is 1. The summed E-state index contributed by atoms with van der Waals surface area (Å²) in [6.45, 7) is 4.33. The molecule has 3 rings (SSSR count). The van der Waals surface area contributed by atoms with Crippen LogP contribution in [0.1, 0.15) is 37.7 Å². The summed E-state index contributed by atoms with van der Waals surface area (Å²) in [7, 11) is 0. The van der Waals surface area contributed by atoms with Gasteiger partial charge in [0.1, 0.15) is 0 Å². The average Bonchev–Trinajstić information content (AvgIpc) is 2.61. The second-order valence-corrected chi connectivity index (χ2v) is 6.92. The van der Waals surface area contributed by atoms with Crippen LogP contribution in [0.4, 0.5) is 4.79 Å². The second-order valence-electron chi connectivity index (χ2n) is 6.92. The van der Waals surface area contributed by atoms with Gasteiger partial charge in [-0.05, 0) is 49.5 Å². The number of nitrogens with zero attached hydrogens (tertiary/aromatic N) is 1. The Morgan fingerprint density at radius 1 is 1.09 bits per heavy atom. The molecular formula is C19H28N2O2. The van der Waals surface area contributed by atoms with E-state index >= 15 is 0 Å². The van der Waals surface area contributed by atoms with Crippen LogP contribution in [0.2, 0.25) is 0 Å². The summed E-state index contributed by atoms with van der Waals surface area (Å²) in [5.41, 5.74) is 1.78. The van der Waals surface area contributed by atoms with Gasteiger partial charge in [0.15, 0.2) is 0 Å². The molecule has 0 bridgehead atoms. The molecule has 4 heteroatoms. The number of piperidine rings is 1. The number of likely N-dealkylation sites (tertiary alicyclic amines) is 1. The molecule has 0 aliphatic carbocycles. The van der Waals surface area contributed by atoms with Crippen LogP contribution in [0, 0.1) is 5.41 Å². The molecule has 2 fully saturated rings. The summed E-state index contributed by atoms with van der Waals surface area (Å²) in [4.78, 5) is 14.3. The maximum absolute atomic E-state index is 12.3. The van der Waals surface area contributed by atoms with Crippen LogP contribution in [-0.2, 0) is 11.2 Å². The molecule has 1 aromatic rings. The van der Waals surface area contributed by atoms with Gasteiger partial charge in [0.25, 0.3) is 0 Å². The van der Waals surface area contributed by atoms with Gasteiger partial charge in [-0.2, -0.15) is 0 Å². The van der Waals surface area contributed by atoms with Crippen LogP contribution in [0.25, 0.3) is 0 Å². The minimum Gasteiger partial charge on any atom is -0.381 e. The first-order valence-electron chi connectivity index (χ1n) is 8.92. The SMILES string of the molecule is O=C(NCCCc1ccccc1)N1CCC2(CCOCC2)CC1. The average molecular weight is 316 g/mol. The van der Waals surface area contributed by atoms with Crippen molar-refractivity contribution >= 4 is 6.03 Å². The third-order valence-electron chi connectivity index (χ3n) is 5.43. The van der Waals surface area contributed by atoms with Gasteiger partial charge in [0.2, 0.25) is 0 Å². The lowest BCUT2D eigenvalue weighted by Crippen LogP contribution is -2.48. The highest BCUT2D eigenvalue weighted by molar-refractivity contribution is 5.74. The molecule has 0 unspecified atom stereocenters. The molecule has 2 aliphatic rings. The summed E-state index contributed by atoms with van der Waals surface area (Å²) < 4.78 is 5.48. The number of amides is 2. The molecule has 1 spiro atoms. The van der Waals surface area contributed by atoms with Crippen molar-refractivity contribution in [2.24, 2.45) is 5.41 Å². The highest BCUT2D eigenvalue weighted by atomic mass is 16.5. The number of benzene rings is 1. The van der Waals surface area contributed by atoms with Gasteiger partial charge in [0.05, 0.1) is 0 Å². The Hall–Kier alpha value is -1.55. The van der Waals surface area contributed by atoms with Crippen molar-refractivity contribution < 1.29 is 9.53 Å². The van der Waals surface area contributed by atoms with Crippen molar-refractivity contribution in [2.45, 2.75) is 38.5 Å². The predicted octanol–water partition coefficient (Wildman–Crippen LogP) is 3.22. The number of carbonyl (C=O) groups excluding carboxylic acids is 1. The van der Waals surface area contributed by atoms with Gasteiger partial charge in [-0.3, -0.25) is 0 Å². The minimum absolute atomic E-state index is 0.111. The van der Waals surface area contributed by atoms with E-state index in [-0.39, 0.29) is 6.03 Å². The largest absolute Gasteiger partial charge is 0.381 e. The van der Waals surface area contributed by atoms with E-state index in [1.54, 1.807) is 0 Å². The zero-order valence-corrected chi connectivity index (χ0v) is 13.9. The van der Waals surface area contributed by atoms with Gasteiger partial charge in [0, 0.05) is 32.8 Å². The van der Waals surface area contributed by atoms with E-state index in [1.165, 1.54) is 18.4 Å². The first kappa shape index (κ1) is 16.3. The molecule has 1 N–H and O–H groups in total. The fourth-order valence-electron chi connectivity index (χ4n) is 3.73. The van der Waals surface area contributed by atoms with Crippen LogP contribution in [0.5, 0.6) is 0 Å².